The van der Waals surface area contributed by atoms with Crippen molar-refractivity contribution in [2.75, 3.05) is 0 Å². The third-order valence-corrected chi connectivity index (χ3v) is 2.82. The molecule has 0 atom stereocenters. The number of carbonyl (C=O) groups excluding carboxylic acids is 1. The molecule has 3 aromatic rings. The van der Waals surface area contributed by atoms with Crippen LogP contribution in [0.4, 0.5) is 8.78 Å². The number of hydrogen-bond donors (Lipinski definition) is 0. The van der Waals surface area contributed by atoms with Crippen molar-refractivity contribution in [1.29, 1.82) is 0 Å². The molecule has 4 nitrogen and oxygen atoms in total. The lowest BCUT2D eigenvalue weighted by atomic mass is 10.2. The molecule has 0 radical (unpaired) electrons. The van der Waals surface area contributed by atoms with Gasteiger partial charge in [-0.1, -0.05) is 0 Å². The molecule has 0 N–H and O–H groups in total. The van der Waals surface area contributed by atoms with E-state index in [4.69, 9.17) is 4.42 Å². The third kappa shape index (κ3) is 2.01. The molecule has 0 saturated heterocycles. The molecule has 2 aromatic heterocycles. The minimum atomic E-state index is -0.760. The lowest BCUT2D eigenvalue weighted by molar-refractivity contribution is 0.112. The van der Waals surface area contributed by atoms with Gasteiger partial charge in [-0.2, -0.15) is 5.10 Å². The molecule has 0 aliphatic carbocycles. The molecule has 0 spiro atoms. The third-order valence-electron chi connectivity index (χ3n) is 2.82. The second kappa shape index (κ2) is 4.73. The zero-order chi connectivity index (χ0) is 14.1. The summed E-state index contributed by atoms with van der Waals surface area (Å²) >= 11 is 0. The van der Waals surface area contributed by atoms with Crippen molar-refractivity contribution in [1.82, 2.24) is 9.78 Å². The number of aromatic nitrogens is 2. The SMILES string of the molecule is O=Cc1cn(-c2ccc(F)cc2F)nc1-c1ccoc1. The molecule has 1 aromatic carbocycles. The summed E-state index contributed by atoms with van der Waals surface area (Å²) in [6.07, 6.45) is 4.88. The Labute approximate surface area is 112 Å². The van der Waals surface area contributed by atoms with E-state index >= 15 is 0 Å². The molecule has 3 rings (SSSR count). The zero-order valence-electron chi connectivity index (χ0n) is 10.1. The highest BCUT2D eigenvalue weighted by atomic mass is 19.1. The molecular formula is C14H8F2N2O2. The van der Waals surface area contributed by atoms with E-state index in [2.05, 4.69) is 5.10 Å². The van der Waals surface area contributed by atoms with Gasteiger partial charge in [-0.05, 0) is 18.2 Å². The number of rotatable bonds is 3. The number of aldehydes is 1. The lowest BCUT2D eigenvalue weighted by Crippen LogP contribution is -1.99. The summed E-state index contributed by atoms with van der Waals surface area (Å²) in [6.45, 7) is 0. The van der Waals surface area contributed by atoms with Gasteiger partial charge in [-0.3, -0.25) is 4.79 Å². The molecule has 6 heteroatoms. The van der Waals surface area contributed by atoms with Crippen LogP contribution in [0.25, 0.3) is 16.9 Å². The van der Waals surface area contributed by atoms with Crippen LogP contribution in [0.3, 0.4) is 0 Å². The van der Waals surface area contributed by atoms with Crippen LogP contribution in [-0.2, 0) is 0 Å². The molecule has 0 saturated carbocycles. The fourth-order valence-corrected chi connectivity index (χ4v) is 1.89. The number of furan rings is 1. The summed E-state index contributed by atoms with van der Waals surface area (Å²) in [7, 11) is 0. The van der Waals surface area contributed by atoms with Gasteiger partial charge in [0.2, 0.25) is 0 Å². The summed E-state index contributed by atoms with van der Waals surface area (Å²) in [5, 5.41) is 4.15. The number of halogens is 2. The summed E-state index contributed by atoms with van der Waals surface area (Å²) in [4.78, 5) is 11.1. The molecule has 100 valence electrons. The van der Waals surface area contributed by atoms with Gasteiger partial charge in [0.1, 0.15) is 17.2 Å². The average molecular weight is 274 g/mol. The van der Waals surface area contributed by atoms with Gasteiger partial charge < -0.3 is 4.42 Å². The van der Waals surface area contributed by atoms with E-state index < -0.39 is 11.6 Å². The minimum Gasteiger partial charge on any atom is -0.472 e. The van der Waals surface area contributed by atoms with Crippen molar-refractivity contribution < 1.29 is 18.0 Å². The van der Waals surface area contributed by atoms with E-state index in [0.717, 1.165) is 12.1 Å². The quantitative estimate of drug-likeness (QED) is 0.689. The maximum Gasteiger partial charge on any atom is 0.153 e. The highest BCUT2D eigenvalue weighted by Crippen LogP contribution is 2.24. The Hall–Kier alpha value is -2.76. The van der Waals surface area contributed by atoms with Gasteiger partial charge in [0.05, 0.1) is 18.1 Å². The lowest BCUT2D eigenvalue weighted by Gasteiger charge is -2.02. The standard InChI is InChI=1S/C14H8F2N2O2/c15-11-1-2-13(12(16)5-11)18-6-10(7-19)14(17-18)9-3-4-20-8-9/h1-8H. The second-order valence-electron chi connectivity index (χ2n) is 4.10. The first-order valence-electron chi connectivity index (χ1n) is 5.72. The van der Waals surface area contributed by atoms with Crippen LogP contribution in [0, 0.1) is 11.6 Å². The van der Waals surface area contributed by atoms with Crippen LogP contribution in [0.1, 0.15) is 10.4 Å². The Balaban J connectivity index is 2.14. The van der Waals surface area contributed by atoms with E-state index in [1.54, 1.807) is 6.07 Å². The molecule has 0 aliphatic rings. The maximum absolute atomic E-state index is 13.7. The summed E-state index contributed by atoms with van der Waals surface area (Å²) in [6, 6.07) is 4.78. The van der Waals surface area contributed by atoms with Crippen molar-refractivity contribution in [2.24, 2.45) is 0 Å². The van der Waals surface area contributed by atoms with E-state index in [1.165, 1.54) is 29.5 Å². The van der Waals surface area contributed by atoms with Gasteiger partial charge >= 0.3 is 0 Å². The van der Waals surface area contributed by atoms with E-state index in [1.807, 2.05) is 0 Å². The number of nitrogens with zero attached hydrogens (tertiary/aromatic N) is 2. The molecule has 2 heterocycles. The first kappa shape index (κ1) is 12.3. The highest BCUT2D eigenvalue weighted by Gasteiger charge is 2.14. The largest absolute Gasteiger partial charge is 0.472 e. The topological polar surface area (TPSA) is 48.0 Å². The van der Waals surface area contributed by atoms with Gasteiger partial charge in [-0.15, -0.1) is 0 Å². The molecule has 0 bridgehead atoms. The van der Waals surface area contributed by atoms with Crippen LogP contribution in [0.15, 0.2) is 47.4 Å². The van der Waals surface area contributed by atoms with Gasteiger partial charge in [-0.25, -0.2) is 13.5 Å². The molecule has 0 unspecified atom stereocenters. The fourth-order valence-electron chi connectivity index (χ4n) is 1.89. The number of hydrogen-bond acceptors (Lipinski definition) is 3. The Morgan fingerprint density at radius 3 is 2.75 bits per heavy atom. The summed E-state index contributed by atoms with van der Waals surface area (Å²) in [5.74, 6) is -1.44. The second-order valence-corrected chi connectivity index (χ2v) is 4.10. The predicted molar refractivity (Wildman–Crippen MR) is 66.6 cm³/mol. The predicted octanol–water partition coefficient (Wildman–Crippen LogP) is 3.22. The maximum atomic E-state index is 13.7. The molecular weight excluding hydrogens is 266 g/mol. The van der Waals surface area contributed by atoms with Crippen LogP contribution in [0.2, 0.25) is 0 Å². The van der Waals surface area contributed by atoms with Crippen LogP contribution in [-0.4, -0.2) is 16.1 Å². The normalized spacial score (nSPS) is 10.7. The van der Waals surface area contributed by atoms with Crippen molar-refractivity contribution >= 4 is 6.29 Å². The molecule has 0 fully saturated rings. The van der Waals surface area contributed by atoms with Gasteiger partial charge in [0, 0.05) is 17.8 Å². The minimum absolute atomic E-state index is 0.0595. The van der Waals surface area contributed by atoms with Gasteiger partial charge in [0.15, 0.2) is 12.1 Å². The first-order chi connectivity index (χ1) is 9.69. The van der Waals surface area contributed by atoms with Crippen LogP contribution >= 0.6 is 0 Å². The van der Waals surface area contributed by atoms with E-state index in [9.17, 15) is 13.6 Å². The van der Waals surface area contributed by atoms with Crippen LogP contribution in [0.5, 0.6) is 0 Å². The Morgan fingerprint density at radius 1 is 1.25 bits per heavy atom. The molecule has 0 amide bonds. The monoisotopic (exact) mass is 274 g/mol. The molecule has 0 aliphatic heterocycles. The smallest absolute Gasteiger partial charge is 0.153 e. The average Bonchev–Trinajstić information content (AvgIpc) is 3.07. The summed E-state index contributed by atoms with van der Waals surface area (Å²) in [5.41, 5.74) is 1.32. The Bertz CT molecular complexity index is 764. The van der Waals surface area contributed by atoms with Crippen molar-refractivity contribution in [3.05, 3.63) is 60.2 Å². The zero-order valence-corrected chi connectivity index (χ0v) is 10.1. The Morgan fingerprint density at radius 2 is 2.10 bits per heavy atom. The van der Waals surface area contributed by atoms with Crippen LogP contribution < -0.4 is 0 Å². The number of benzene rings is 1. The molecule has 20 heavy (non-hydrogen) atoms. The van der Waals surface area contributed by atoms with E-state index in [0.29, 0.717) is 17.5 Å². The number of carbonyl (C=O) groups is 1. The van der Waals surface area contributed by atoms with Gasteiger partial charge in [0.25, 0.3) is 0 Å². The highest BCUT2D eigenvalue weighted by molar-refractivity contribution is 5.85. The first-order valence-corrected chi connectivity index (χ1v) is 5.72. The van der Waals surface area contributed by atoms with E-state index in [-0.39, 0.29) is 11.3 Å². The Kier molecular flexibility index (Phi) is 2.90. The summed E-state index contributed by atoms with van der Waals surface area (Å²) < 4.78 is 32.7. The van der Waals surface area contributed by atoms with Crippen molar-refractivity contribution in [3.8, 4) is 16.9 Å². The fraction of sp³-hybridized carbons (Fsp3) is 0. The van der Waals surface area contributed by atoms with Crippen molar-refractivity contribution in [2.45, 2.75) is 0 Å². The van der Waals surface area contributed by atoms with Crippen molar-refractivity contribution in [3.63, 3.8) is 0 Å².